The third-order valence-corrected chi connectivity index (χ3v) is 7.35. The minimum Gasteiger partial charge on any atom is -0.465 e. The van der Waals surface area contributed by atoms with Gasteiger partial charge in [-0.1, -0.05) is 48.5 Å². The summed E-state index contributed by atoms with van der Waals surface area (Å²) in [7, 11) is -2.79. The van der Waals surface area contributed by atoms with Crippen LogP contribution in [-0.4, -0.2) is 38.7 Å². The number of nitrogens with zero attached hydrogens (tertiary/aromatic N) is 1. The molecule has 0 spiro atoms. The Morgan fingerprint density at radius 3 is 2.33 bits per heavy atom. The van der Waals surface area contributed by atoms with E-state index in [9.17, 15) is 13.2 Å². The summed E-state index contributed by atoms with van der Waals surface area (Å²) in [6.07, 6.45) is 0.917. The van der Waals surface area contributed by atoms with Gasteiger partial charge in [-0.3, -0.25) is 0 Å². The SMILES string of the molecule is COC(=O)/C(=C1\SCCCN1Cc1ccccc1)S(=O)(=O)c1ccccc1. The van der Waals surface area contributed by atoms with Crippen molar-refractivity contribution in [1.82, 2.24) is 4.90 Å². The van der Waals surface area contributed by atoms with Gasteiger partial charge >= 0.3 is 5.97 Å². The highest BCUT2D eigenvalue weighted by Gasteiger charge is 2.35. The zero-order chi connectivity index (χ0) is 19.3. The van der Waals surface area contributed by atoms with Gasteiger partial charge in [0, 0.05) is 18.8 Å². The molecule has 1 fully saturated rings. The number of carbonyl (C=O) groups is 1. The lowest BCUT2D eigenvalue weighted by Crippen LogP contribution is -2.31. The lowest BCUT2D eigenvalue weighted by atomic mass is 10.2. The van der Waals surface area contributed by atoms with Crippen LogP contribution in [0.25, 0.3) is 0 Å². The lowest BCUT2D eigenvalue weighted by Gasteiger charge is -2.32. The number of ether oxygens (including phenoxy) is 1. The number of thioether (sulfide) groups is 1. The first-order valence-electron chi connectivity index (χ1n) is 8.58. The number of methoxy groups -OCH3 is 1. The van der Waals surface area contributed by atoms with E-state index in [1.165, 1.54) is 31.0 Å². The molecule has 1 aliphatic rings. The van der Waals surface area contributed by atoms with Crippen molar-refractivity contribution in [2.45, 2.75) is 17.9 Å². The van der Waals surface area contributed by atoms with Crippen LogP contribution >= 0.6 is 11.8 Å². The second kappa shape index (κ2) is 8.63. The van der Waals surface area contributed by atoms with Gasteiger partial charge in [0.15, 0.2) is 4.91 Å². The minimum absolute atomic E-state index is 0.0868. The van der Waals surface area contributed by atoms with E-state index in [-0.39, 0.29) is 9.80 Å². The summed E-state index contributed by atoms with van der Waals surface area (Å²) >= 11 is 1.39. The van der Waals surface area contributed by atoms with Crippen LogP contribution in [0.5, 0.6) is 0 Å². The van der Waals surface area contributed by atoms with E-state index >= 15 is 0 Å². The average Bonchev–Trinajstić information content (AvgIpc) is 2.70. The monoisotopic (exact) mass is 403 g/mol. The van der Waals surface area contributed by atoms with E-state index in [0.717, 1.165) is 17.7 Å². The van der Waals surface area contributed by atoms with Gasteiger partial charge in [-0.15, -0.1) is 11.8 Å². The third kappa shape index (κ3) is 4.36. The van der Waals surface area contributed by atoms with Crippen molar-refractivity contribution in [3.63, 3.8) is 0 Å². The number of carbonyl (C=O) groups excluding carboxylic acids is 1. The molecule has 0 radical (unpaired) electrons. The van der Waals surface area contributed by atoms with Crippen LogP contribution in [0.1, 0.15) is 12.0 Å². The van der Waals surface area contributed by atoms with E-state index in [0.29, 0.717) is 18.1 Å². The van der Waals surface area contributed by atoms with E-state index < -0.39 is 15.8 Å². The summed E-state index contributed by atoms with van der Waals surface area (Å²) in [4.78, 5) is 14.3. The minimum atomic E-state index is -3.99. The Labute approximate surface area is 163 Å². The number of hydrogen-bond acceptors (Lipinski definition) is 6. The van der Waals surface area contributed by atoms with Gasteiger partial charge in [-0.25, -0.2) is 13.2 Å². The smallest absolute Gasteiger partial charge is 0.352 e. The van der Waals surface area contributed by atoms with Crippen LogP contribution in [0.15, 0.2) is 75.5 Å². The molecule has 2 aromatic carbocycles. The second-order valence-corrected chi connectivity index (χ2v) is 9.02. The van der Waals surface area contributed by atoms with Gasteiger partial charge in [-0.2, -0.15) is 0 Å². The van der Waals surface area contributed by atoms with E-state index in [1.54, 1.807) is 18.2 Å². The molecule has 27 heavy (non-hydrogen) atoms. The van der Waals surface area contributed by atoms with E-state index in [2.05, 4.69) is 0 Å². The summed E-state index contributed by atoms with van der Waals surface area (Å²) in [6, 6.07) is 17.8. The maximum atomic E-state index is 13.2. The summed E-state index contributed by atoms with van der Waals surface area (Å²) in [5.41, 5.74) is 1.05. The molecule has 1 aliphatic heterocycles. The summed E-state index contributed by atoms with van der Waals surface area (Å²) in [5.74, 6) is -0.0767. The Kier molecular flexibility index (Phi) is 6.23. The molecular weight excluding hydrogens is 382 g/mol. The van der Waals surface area contributed by atoms with Gasteiger partial charge < -0.3 is 9.64 Å². The largest absolute Gasteiger partial charge is 0.465 e. The molecule has 2 aromatic rings. The van der Waals surface area contributed by atoms with Gasteiger partial charge in [0.1, 0.15) is 0 Å². The predicted octanol–water partition coefficient (Wildman–Crippen LogP) is 3.44. The number of esters is 1. The molecule has 0 N–H and O–H groups in total. The van der Waals surface area contributed by atoms with Crippen molar-refractivity contribution in [2.75, 3.05) is 19.4 Å². The molecular formula is C20H21NO4S2. The number of rotatable bonds is 5. The molecule has 0 aromatic heterocycles. The van der Waals surface area contributed by atoms with Crippen LogP contribution < -0.4 is 0 Å². The van der Waals surface area contributed by atoms with E-state index in [1.807, 2.05) is 35.2 Å². The first-order valence-corrected chi connectivity index (χ1v) is 11.1. The van der Waals surface area contributed by atoms with Crippen molar-refractivity contribution in [2.24, 2.45) is 0 Å². The molecule has 0 atom stereocenters. The Morgan fingerprint density at radius 1 is 1.07 bits per heavy atom. The zero-order valence-corrected chi connectivity index (χ0v) is 16.6. The van der Waals surface area contributed by atoms with Crippen LogP contribution in [0.2, 0.25) is 0 Å². The Hall–Kier alpha value is -2.25. The van der Waals surface area contributed by atoms with Crippen molar-refractivity contribution >= 4 is 27.6 Å². The maximum Gasteiger partial charge on any atom is 0.352 e. The quantitative estimate of drug-likeness (QED) is 0.563. The van der Waals surface area contributed by atoms with Crippen LogP contribution in [0.3, 0.4) is 0 Å². The number of sulfone groups is 1. The van der Waals surface area contributed by atoms with Gasteiger partial charge in [0.2, 0.25) is 9.84 Å². The molecule has 1 heterocycles. The first kappa shape index (κ1) is 19.5. The maximum absolute atomic E-state index is 13.2. The Morgan fingerprint density at radius 2 is 1.70 bits per heavy atom. The van der Waals surface area contributed by atoms with Crippen molar-refractivity contribution < 1.29 is 17.9 Å². The predicted molar refractivity (Wildman–Crippen MR) is 107 cm³/mol. The van der Waals surface area contributed by atoms with Crippen LogP contribution in [-0.2, 0) is 25.9 Å². The molecule has 0 bridgehead atoms. The summed E-state index contributed by atoms with van der Waals surface area (Å²) in [5, 5.41) is 0.459. The van der Waals surface area contributed by atoms with Gasteiger partial charge in [0.25, 0.3) is 0 Å². The van der Waals surface area contributed by atoms with Crippen LogP contribution in [0, 0.1) is 0 Å². The highest BCUT2D eigenvalue weighted by molar-refractivity contribution is 8.04. The fraction of sp³-hybridized carbons (Fsp3) is 0.250. The molecule has 7 heteroatoms. The zero-order valence-electron chi connectivity index (χ0n) is 15.0. The Balaban J connectivity index is 2.10. The molecule has 3 rings (SSSR count). The third-order valence-electron chi connectivity index (χ3n) is 4.20. The molecule has 0 unspecified atom stereocenters. The fourth-order valence-corrected chi connectivity index (χ4v) is 5.84. The van der Waals surface area contributed by atoms with Gasteiger partial charge in [0.05, 0.1) is 17.0 Å². The lowest BCUT2D eigenvalue weighted by molar-refractivity contribution is -0.135. The summed E-state index contributed by atoms with van der Waals surface area (Å²) < 4.78 is 31.3. The van der Waals surface area contributed by atoms with E-state index in [4.69, 9.17) is 4.74 Å². The van der Waals surface area contributed by atoms with Crippen LogP contribution in [0.4, 0.5) is 0 Å². The Bertz CT molecular complexity index is 925. The molecule has 0 amide bonds. The fourth-order valence-electron chi connectivity index (χ4n) is 2.90. The molecule has 1 saturated heterocycles. The normalized spacial score (nSPS) is 16.7. The highest BCUT2D eigenvalue weighted by atomic mass is 32.2. The standard InChI is InChI=1S/C20H21NO4S2/c1-25-20(22)18(27(23,24)17-11-6-3-7-12-17)19-21(13-8-14-26-19)15-16-9-4-2-5-10-16/h2-7,9-12H,8,13-15H2,1H3/b19-18+. The summed E-state index contributed by atoms with van der Waals surface area (Å²) in [6.45, 7) is 1.22. The number of benzene rings is 2. The second-order valence-electron chi connectivity index (χ2n) is 6.05. The van der Waals surface area contributed by atoms with Gasteiger partial charge in [-0.05, 0) is 24.1 Å². The molecule has 5 nitrogen and oxygen atoms in total. The molecule has 0 saturated carbocycles. The average molecular weight is 404 g/mol. The van der Waals surface area contributed by atoms with Crippen molar-refractivity contribution in [3.05, 3.63) is 76.2 Å². The van der Waals surface area contributed by atoms with Crippen molar-refractivity contribution in [3.8, 4) is 0 Å². The topological polar surface area (TPSA) is 63.7 Å². The van der Waals surface area contributed by atoms with Crippen molar-refractivity contribution in [1.29, 1.82) is 0 Å². The molecule has 0 aliphatic carbocycles. The molecule has 142 valence electrons. The number of hydrogen-bond donors (Lipinski definition) is 0. The highest BCUT2D eigenvalue weighted by Crippen LogP contribution is 2.35. The first-order chi connectivity index (χ1) is 13.0.